The summed E-state index contributed by atoms with van der Waals surface area (Å²) in [5, 5.41) is 0. The lowest BCUT2D eigenvalue weighted by Crippen LogP contribution is -2.37. The fourth-order valence-electron chi connectivity index (χ4n) is 1.95. The van der Waals surface area contributed by atoms with Crippen LogP contribution in [0.25, 0.3) is 0 Å². The summed E-state index contributed by atoms with van der Waals surface area (Å²) in [6.07, 6.45) is -0.565. The Kier molecular flexibility index (Phi) is 3.13. The monoisotopic (exact) mass is 233 g/mol. The molecule has 4 heteroatoms. The van der Waals surface area contributed by atoms with Gasteiger partial charge < -0.3 is 9.64 Å². The second-order valence-corrected chi connectivity index (χ2v) is 4.24. The Morgan fingerprint density at radius 2 is 1.88 bits per heavy atom. The summed E-state index contributed by atoms with van der Waals surface area (Å²) < 4.78 is 5.35. The van der Waals surface area contributed by atoms with Crippen molar-refractivity contribution >= 4 is 11.9 Å². The van der Waals surface area contributed by atoms with Gasteiger partial charge in [0.1, 0.15) is 12.5 Å². The molecule has 1 fully saturated rings. The lowest BCUT2D eigenvalue weighted by atomic mass is 10.0. The van der Waals surface area contributed by atoms with E-state index in [-0.39, 0.29) is 24.5 Å². The summed E-state index contributed by atoms with van der Waals surface area (Å²) in [5.74, 6) is -0.652. The Morgan fingerprint density at radius 1 is 1.24 bits per heavy atom. The summed E-state index contributed by atoms with van der Waals surface area (Å²) in [6, 6.07) is 9.33. The first-order chi connectivity index (χ1) is 8.09. The molecule has 0 aromatic heterocycles. The van der Waals surface area contributed by atoms with Gasteiger partial charge in [0.25, 0.3) is 0 Å². The molecule has 0 spiro atoms. The molecule has 1 saturated heterocycles. The molecule has 0 bridgehead atoms. The molecule has 90 valence electrons. The fourth-order valence-corrected chi connectivity index (χ4v) is 1.95. The van der Waals surface area contributed by atoms with Crippen molar-refractivity contribution in [2.45, 2.75) is 25.5 Å². The van der Waals surface area contributed by atoms with E-state index < -0.39 is 5.97 Å². The fraction of sp³-hybridized carbons (Fsp3) is 0.385. The summed E-state index contributed by atoms with van der Waals surface area (Å²) in [4.78, 5) is 24.7. The lowest BCUT2D eigenvalue weighted by Gasteiger charge is -2.28. The van der Waals surface area contributed by atoms with E-state index >= 15 is 0 Å². The number of cyclic esters (lactones) is 1. The number of hydrogen-bond donors (Lipinski definition) is 0. The summed E-state index contributed by atoms with van der Waals surface area (Å²) in [7, 11) is 1.70. The van der Waals surface area contributed by atoms with Crippen LogP contribution in [0.3, 0.4) is 0 Å². The van der Waals surface area contributed by atoms with Crippen LogP contribution in [0.15, 0.2) is 30.3 Å². The van der Waals surface area contributed by atoms with Crippen LogP contribution >= 0.6 is 0 Å². The number of rotatable bonds is 1. The number of carbonyl (C=O) groups is 2. The number of carbonyl (C=O) groups excluding carboxylic acids is 2. The number of likely N-dealkylation sites (N-methyl/N-ethyl adjacent to an activating group) is 1. The second kappa shape index (κ2) is 4.57. The highest BCUT2D eigenvalue weighted by molar-refractivity contribution is 5.95. The average molecular weight is 233 g/mol. The van der Waals surface area contributed by atoms with Crippen LogP contribution in [0.1, 0.15) is 25.0 Å². The second-order valence-electron chi connectivity index (χ2n) is 4.24. The van der Waals surface area contributed by atoms with E-state index in [0.717, 1.165) is 5.56 Å². The minimum absolute atomic E-state index is 0.156. The molecule has 4 nitrogen and oxygen atoms in total. The number of benzene rings is 1. The highest BCUT2D eigenvalue weighted by Gasteiger charge is 2.33. The van der Waals surface area contributed by atoms with Crippen molar-refractivity contribution in [3.8, 4) is 0 Å². The molecule has 0 aliphatic carbocycles. The van der Waals surface area contributed by atoms with Gasteiger partial charge in [0.05, 0.1) is 6.04 Å². The Morgan fingerprint density at radius 3 is 2.53 bits per heavy atom. The molecular weight excluding hydrogens is 218 g/mol. The number of ether oxygens (including phenoxy) is 1. The van der Waals surface area contributed by atoms with Crippen molar-refractivity contribution in [3.05, 3.63) is 35.9 Å². The smallest absolute Gasteiger partial charge is 0.316 e. The van der Waals surface area contributed by atoms with E-state index in [4.69, 9.17) is 4.74 Å². The van der Waals surface area contributed by atoms with Gasteiger partial charge in [0.2, 0.25) is 5.91 Å². The molecule has 1 amide bonds. The normalized spacial score (nSPS) is 25.4. The predicted molar refractivity (Wildman–Crippen MR) is 62.1 cm³/mol. The van der Waals surface area contributed by atoms with Crippen LogP contribution in [-0.2, 0) is 14.3 Å². The number of hydrogen-bond acceptors (Lipinski definition) is 3. The van der Waals surface area contributed by atoms with Gasteiger partial charge in [-0.1, -0.05) is 30.3 Å². The van der Waals surface area contributed by atoms with E-state index in [0.29, 0.717) is 0 Å². The van der Waals surface area contributed by atoms with Crippen molar-refractivity contribution in [2.75, 3.05) is 7.05 Å². The Labute approximate surface area is 100 Å². The standard InChI is InChI=1S/C13H15NO3/c1-9-13(10-6-4-3-5-7-10)17-12(16)8-11(15)14(9)2/h3-7,9,13H,8H2,1-2H3/t9-,13+/m1/s1. The van der Waals surface area contributed by atoms with Crippen LogP contribution in [-0.4, -0.2) is 29.9 Å². The first-order valence-corrected chi connectivity index (χ1v) is 5.59. The molecule has 0 radical (unpaired) electrons. The molecule has 1 aromatic rings. The average Bonchev–Trinajstić information content (AvgIpc) is 2.43. The maximum atomic E-state index is 11.6. The highest BCUT2D eigenvalue weighted by Crippen LogP contribution is 2.27. The van der Waals surface area contributed by atoms with E-state index in [1.807, 2.05) is 37.3 Å². The lowest BCUT2D eigenvalue weighted by molar-refractivity contribution is -0.149. The maximum Gasteiger partial charge on any atom is 0.316 e. The first-order valence-electron chi connectivity index (χ1n) is 5.59. The predicted octanol–water partition coefficient (Wildman–Crippen LogP) is 1.52. The van der Waals surface area contributed by atoms with Gasteiger partial charge in [0, 0.05) is 7.05 Å². The minimum atomic E-state index is -0.458. The molecule has 1 aliphatic heterocycles. The zero-order chi connectivity index (χ0) is 12.4. The van der Waals surface area contributed by atoms with Crippen LogP contribution in [0.2, 0.25) is 0 Å². The van der Waals surface area contributed by atoms with E-state index in [2.05, 4.69) is 0 Å². The third kappa shape index (κ3) is 2.30. The zero-order valence-corrected chi connectivity index (χ0v) is 9.92. The van der Waals surface area contributed by atoms with Gasteiger partial charge in [-0.25, -0.2) is 0 Å². The van der Waals surface area contributed by atoms with Gasteiger partial charge in [-0.05, 0) is 12.5 Å². The molecule has 1 aliphatic rings. The Balaban J connectivity index is 2.32. The van der Waals surface area contributed by atoms with Gasteiger partial charge in [-0.2, -0.15) is 0 Å². The minimum Gasteiger partial charge on any atom is -0.455 e. The zero-order valence-electron chi connectivity index (χ0n) is 9.92. The van der Waals surface area contributed by atoms with Gasteiger partial charge in [-0.15, -0.1) is 0 Å². The number of amides is 1. The van der Waals surface area contributed by atoms with Crippen molar-refractivity contribution in [1.82, 2.24) is 4.90 Å². The van der Waals surface area contributed by atoms with Crippen LogP contribution < -0.4 is 0 Å². The third-order valence-electron chi connectivity index (χ3n) is 3.12. The number of nitrogens with zero attached hydrogens (tertiary/aromatic N) is 1. The third-order valence-corrected chi connectivity index (χ3v) is 3.12. The SMILES string of the molecule is C[C@@H]1[C@@H](c2ccccc2)OC(=O)CC(=O)N1C. The summed E-state index contributed by atoms with van der Waals surface area (Å²) in [6.45, 7) is 1.88. The van der Waals surface area contributed by atoms with E-state index in [1.54, 1.807) is 11.9 Å². The van der Waals surface area contributed by atoms with Crippen LogP contribution in [0.5, 0.6) is 0 Å². The van der Waals surface area contributed by atoms with Gasteiger partial charge in [0.15, 0.2) is 0 Å². The van der Waals surface area contributed by atoms with Crippen molar-refractivity contribution in [2.24, 2.45) is 0 Å². The first kappa shape index (κ1) is 11.6. The number of esters is 1. The van der Waals surface area contributed by atoms with E-state index in [9.17, 15) is 9.59 Å². The molecule has 0 saturated carbocycles. The molecule has 1 aromatic carbocycles. The van der Waals surface area contributed by atoms with E-state index in [1.165, 1.54) is 0 Å². The Bertz CT molecular complexity index is 430. The van der Waals surface area contributed by atoms with Crippen LogP contribution in [0.4, 0.5) is 0 Å². The Hall–Kier alpha value is -1.84. The molecule has 0 N–H and O–H groups in total. The molecule has 2 rings (SSSR count). The quantitative estimate of drug-likeness (QED) is 0.546. The van der Waals surface area contributed by atoms with Crippen molar-refractivity contribution < 1.29 is 14.3 Å². The largest absolute Gasteiger partial charge is 0.455 e. The topological polar surface area (TPSA) is 46.6 Å². The van der Waals surface area contributed by atoms with Crippen LogP contribution in [0, 0.1) is 0 Å². The van der Waals surface area contributed by atoms with Gasteiger partial charge in [-0.3, -0.25) is 9.59 Å². The van der Waals surface area contributed by atoms with Gasteiger partial charge >= 0.3 is 5.97 Å². The molecule has 0 unspecified atom stereocenters. The summed E-state index contributed by atoms with van der Waals surface area (Å²) >= 11 is 0. The molecule has 17 heavy (non-hydrogen) atoms. The molecule has 2 atom stereocenters. The van der Waals surface area contributed by atoms with Crippen molar-refractivity contribution in [3.63, 3.8) is 0 Å². The molecule has 1 heterocycles. The van der Waals surface area contributed by atoms with Crippen molar-refractivity contribution in [1.29, 1.82) is 0 Å². The summed E-state index contributed by atoms with van der Waals surface area (Å²) in [5.41, 5.74) is 0.912. The molecular formula is C13H15NO3. The highest BCUT2D eigenvalue weighted by atomic mass is 16.5. The maximum absolute atomic E-state index is 11.6.